The van der Waals surface area contributed by atoms with E-state index in [1.165, 1.54) is 22.3 Å². The van der Waals surface area contributed by atoms with Gasteiger partial charge in [-0.3, -0.25) is 0 Å². The van der Waals surface area contributed by atoms with Gasteiger partial charge in [-0.1, -0.05) is 60.7 Å². The number of nitrogens with one attached hydrogen (secondary N) is 1. The van der Waals surface area contributed by atoms with Crippen molar-refractivity contribution in [1.82, 2.24) is 5.32 Å². The van der Waals surface area contributed by atoms with Crippen molar-refractivity contribution in [3.8, 4) is 11.1 Å². The van der Waals surface area contributed by atoms with Gasteiger partial charge in [-0.25, -0.2) is 0 Å². The Morgan fingerprint density at radius 1 is 0.722 bits per heavy atom. The van der Waals surface area contributed by atoms with Crippen molar-refractivity contribution in [2.45, 2.75) is 0 Å². The molecule has 92 valence electrons. The lowest BCUT2D eigenvalue weighted by Crippen LogP contribution is -2.07. The fourth-order valence-electron chi connectivity index (χ4n) is 2.20. The maximum atomic E-state index is 3.32. The molecule has 1 aliphatic heterocycles. The molecule has 18 heavy (non-hydrogen) atoms. The molecule has 2 aromatic carbocycles. The Bertz CT molecular complexity index is 529. The molecular weight excluding hydrogens is 242 g/mol. The molecule has 0 saturated carbocycles. The van der Waals surface area contributed by atoms with E-state index in [1.54, 1.807) is 0 Å². The van der Waals surface area contributed by atoms with Crippen molar-refractivity contribution in [2.75, 3.05) is 13.1 Å². The molecule has 0 saturated heterocycles. The third kappa shape index (κ3) is 2.63. The zero-order valence-electron chi connectivity index (χ0n) is 10.1. The summed E-state index contributed by atoms with van der Waals surface area (Å²) in [5.41, 5.74) is 5.29. The topological polar surface area (TPSA) is 12.0 Å². The third-order valence-electron chi connectivity index (χ3n) is 3.17. The Kier molecular flexibility index (Phi) is 4.19. The Balaban J connectivity index is 0.00000120. The fraction of sp³-hybridized carbons (Fsp3) is 0.125. The van der Waals surface area contributed by atoms with Crippen molar-refractivity contribution in [1.29, 1.82) is 0 Å². The molecular formula is C16H16ClN. The minimum atomic E-state index is 0. The van der Waals surface area contributed by atoms with E-state index in [-0.39, 0.29) is 12.4 Å². The maximum absolute atomic E-state index is 3.32. The molecule has 1 heterocycles. The van der Waals surface area contributed by atoms with Gasteiger partial charge in [0.1, 0.15) is 0 Å². The lowest BCUT2D eigenvalue weighted by molar-refractivity contribution is 0.897. The molecule has 0 aromatic heterocycles. The summed E-state index contributed by atoms with van der Waals surface area (Å²) >= 11 is 0. The van der Waals surface area contributed by atoms with Gasteiger partial charge < -0.3 is 5.32 Å². The van der Waals surface area contributed by atoms with E-state index in [9.17, 15) is 0 Å². The van der Waals surface area contributed by atoms with E-state index in [0.717, 1.165) is 13.1 Å². The number of rotatable bonds is 2. The first kappa shape index (κ1) is 12.9. The van der Waals surface area contributed by atoms with Gasteiger partial charge in [-0.05, 0) is 22.3 Å². The second kappa shape index (κ2) is 5.85. The van der Waals surface area contributed by atoms with Crippen molar-refractivity contribution >= 4 is 18.0 Å². The average molecular weight is 258 g/mol. The summed E-state index contributed by atoms with van der Waals surface area (Å²) in [6, 6.07) is 19.3. The maximum Gasteiger partial charge on any atom is 0.0211 e. The molecule has 0 fully saturated rings. The summed E-state index contributed by atoms with van der Waals surface area (Å²) in [7, 11) is 0. The van der Waals surface area contributed by atoms with Crippen LogP contribution in [0.5, 0.6) is 0 Å². The van der Waals surface area contributed by atoms with E-state index in [4.69, 9.17) is 0 Å². The predicted octanol–water partition coefficient (Wildman–Crippen LogP) is 3.76. The molecule has 1 nitrogen and oxygen atoms in total. The zero-order valence-corrected chi connectivity index (χ0v) is 10.9. The van der Waals surface area contributed by atoms with Crippen LogP contribution in [0.1, 0.15) is 5.56 Å². The molecule has 0 bridgehead atoms. The number of hydrogen-bond acceptors (Lipinski definition) is 1. The number of halogens is 1. The first-order chi connectivity index (χ1) is 8.43. The van der Waals surface area contributed by atoms with Crippen LogP contribution in [0, 0.1) is 0 Å². The zero-order chi connectivity index (χ0) is 11.5. The van der Waals surface area contributed by atoms with Crippen LogP contribution < -0.4 is 5.32 Å². The van der Waals surface area contributed by atoms with E-state index in [2.05, 4.69) is 59.9 Å². The van der Waals surface area contributed by atoms with Crippen LogP contribution in [0.2, 0.25) is 0 Å². The lowest BCUT2D eigenvalue weighted by Gasteiger charge is -2.05. The van der Waals surface area contributed by atoms with Crippen LogP contribution in [-0.4, -0.2) is 13.1 Å². The van der Waals surface area contributed by atoms with Crippen LogP contribution >= 0.6 is 12.4 Å². The van der Waals surface area contributed by atoms with Gasteiger partial charge in [-0.2, -0.15) is 0 Å². The minimum Gasteiger partial charge on any atom is -0.309 e. The molecule has 0 aliphatic carbocycles. The lowest BCUT2D eigenvalue weighted by atomic mass is 10.0. The fourth-order valence-corrected chi connectivity index (χ4v) is 2.20. The number of hydrogen-bond donors (Lipinski definition) is 1. The molecule has 2 heteroatoms. The molecule has 0 atom stereocenters. The molecule has 0 radical (unpaired) electrons. The van der Waals surface area contributed by atoms with Gasteiger partial charge in [-0.15, -0.1) is 12.4 Å². The molecule has 0 unspecified atom stereocenters. The first-order valence-corrected chi connectivity index (χ1v) is 5.99. The summed E-state index contributed by atoms with van der Waals surface area (Å²) in [5.74, 6) is 0. The van der Waals surface area contributed by atoms with Gasteiger partial charge in [0.05, 0.1) is 0 Å². The highest BCUT2D eigenvalue weighted by atomic mass is 35.5. The summed E-state index contributed by atoms with van der Waals surface area (Å²) in [5, 5.41) is 3.32. The van der Waals surface area contributed by atoms with E-state index < -0.39 is 0 Å². The van der Waals surface area contributed by atoms with E-state index >= 15 is 0 Å². The highest BCUT2D eigenvalue weighted by Gasteiger charge is 2.06. The van der Waals surface area contributed by atoms with Crippen LogP contribution in [0.25, 0.3) is 16.7 Å². The molecule has 3 rings (SSSR count). The van der Waals surface area contributed by atoms with Gasteiger partial charge in [0, 0.05) is 13.1 Å². The predicted molar refractivity (Wildman–Crippen MR) is 80.0 cm³/mol. The first-order valence-electron chi connectivity index (χ1n) is 5.99. The highest BCUT2D eigenvalue weighted by molar-refractivity contribution is 5.85. The van der Waals surface area contributed by atoms with Gasteiger partial charge >= 0.3 is 0 Å². The van der Waals surface area contributed by atoms with Gasteiger partial charge in [0.2, 0.25) is 0 Å². The normalized spacial score (nSPS) is 13.9. The summed E-state index contributed by atoms with van der Waals surface area (Å²) in [4.78, 5) is 0. The quantitative estimate of drug-likeness (QED) is 0.864. The van der Waals surface area contributed by atoms with Crippen LogP contribution in [0.15, 0.2) is 60.7 Å². The van der Waals surface area contributed by atoms with Crippen LogP contribution in [-0.2, 0) is 0 Å². The second-order valence-corrected chi connectivity index (χ2v) is 4.30. The van der Waals surface area contributed by atoms with Crippen molar-refractivity contribution < 1.29 is 0 Å². The van der Waals surface area contributed by atoms with Crippen molar-refractivity contribution in [3.05, 3.63) is 66.2 Å². The van der Waals surface area contributed by atoms with Gasteiger partial charge in [0.15, 0.2) is 0 Å². The SMILES string of the molecule is C1=C(c2ccc(-c3ccccc3)cc2)CNC1.Cl. The summed E-state index contributed by atoms with van der Waals surface area (Å²) < 4.78 is 0. The molecule has 0 spiro atoms. The van der Waals surface area contributed by atoms with Crippen molar-refractivity contribution in [2.24, 2.45) is 0 Å². The summed E-state index contributed by atoms with van der Waals surface area (Å²) in [6.07, 6.45) is 2.26. The van der Waals surface area contributed by atoms with Crippen molar-refractivity contribution in [3.63, 3.8) is 0 Å². The Hall–Kier alpha value is -1.57. The average Bonchev–Trinajstić information content (AvgIpc) is 2.94. The molecule has 1 N–H and O–H groups in total. The smallest absolute Gasteiger partial charge is 0.0211 e. The Morgan fingerprint density at radius 3 is 1.94 bits per heavy atom. The van der Waals surface area contributed by atoms with Crippen LogP contribution in [0.3, 0.4) is 0 Å². The van der Waals surface area contributed by atoms with Gasteiger partial charge in [0.25, 0.3) is 0 Å². The van der Waals surface area contributed by atoms with E-state index in [1.807, 2.05) is 6.07 Å². The van der Waals surface area contributed by atoms with Crippen LogP contribution in [0.4, 0.5) is 0 Å². The molecule has 2 aromatic rings. The second-order valence-electron chi connectivity index (χ2n) is 4.30. The molecule has 0 amide bonds. The number of benzene rings is 2. The summed E-state index contributed by atoms with van der Waals surface area (Å²) in [6.45, 7) is 1.99. The minimum absolute atomic E-state index is 0. The highest BCUT2D eigenvalue weighted by Crippen LogP contribution is 2.22. The Labute approximate surface area is 114 Å². The Morgan fingerprint density at radius 2 is 1.33 bits per heavy atom. The largest absolute Gasteiger partial charge is 0.309 e. The third-order valence-corrected chi connectivity index (χ3v) is 3.17. The molecule has 1 aliphatic rings. The van der Waals surface area contributed by atoms with E-state index in [0.29, 0.717) is 0 Å². The monoisotopic (exact) mass is 257 g/mol. The standard InChI is InChI=1S/C16H15N.ClH/c1-2-4-13(5-3-1)14-6-8-15(9-7-14)16-10-11-17-12-16;/h1-10,17H,11-12H2;1H.